The fourth-order valence-electron chi connectivity index (χ4n) is 2.40. The van der Waals surface area contributed by atoms with E-state index in [0.29, 0.717) is 17.2 Å². The number of amides is 1. The Hall–Kier alpha value is -1.75. The molecule has 122 valence electrons. The highest BCUT2D eigenvalue weighted by atomic mass is 35.5. The van der Waals surface area contributed by atoms with Crippen LogP contribution in [0.5, 0.6) is 11.5 Å². The first-order chi connectivity index (χ1) is 10.2. The van der Waals surface area contributed by atoms with Crippen LogP contribution < -0.4 is 9.47 Å². The van der Waals surface area contributed by atoms with Crippen LogP contribution in [0.1, 0.15) is 31.4 Å². The molecule has 1 aliphatic rings. The molecule has 0 radical (unpaired) electrons. The lowest BCUT2D eigenvalue weighted by Gasteiger charge is -2.17. The third kappa shape index (κ3) is 4.91. The molecule has 2 heterocycles. The summed E-state index contributed by atoms with van der Waals surface area (Å²) in [5.41, 5.74) is 0.677. The van der Waals surface area contributed by atoms with Crippen LogP contribution >= 0.6 is 12.4 Å². The molecule has 1 amide bonds. The SMILES string of the molecule is COc1cnc(/C=C/C(=O)N2CCCCCC2)cc1OC.Cl. The van der Waals surface area contributed by atoms with E-state index in [0.717, 1.165) is 25.9 Å². The van der Waals surface area contributed by atoms with Gasteiger partial charge in [0, 0.05) is 25.2 Å². The summed E-state index contributed by atoms with van der Waals surface area (Å²) in [7, 11) is 3.14. The monoisotopic (exact) mass is 326 g/mol. The summed E-state index contributed by atoms with van der Waals surface area (Å²) in [5, 5.41) is 0. The van der Waals surface area contributed by atoms with Crippen molar-refractivity contribution < 1.29 is 14.3 Å². The Morgan fingerprint density at radius 1 is 1.14 bits per heavy atom. The number of ether oxygens (including phenoxy) is 2. The van der Waals surface area contributed by atoms with Gasteiger partial charge in [-0.1, -0.05) is 12.8 Å². The van der Waals surface area contributed by atoms with Crippen molar-refractivity contribution in [2.45, 2.75) is 25.7 Å². The molecule has 1 aromatic heterocycles. The van der Waals surface area contributed by atoms with Gasteiger partial charge in [-0.2, -0.15) is 0 Å². The maximum absolute atomic E-state index is 12.2. The Labute approximate surface area is 137 Å². The normalized spacial score (nSPS) is 15.1. The van der Waals surface area contributed by atoms with Crippen LogP contribution in [0.4, 0.5) is 0 Å². The van der Waals surface area contributed by atoms with Gasteiger partial charge in [-0.25, -0.2) is 0 Å². The Morgan fingerprint density at radius 3 is 2.36 bits per heavy atom. The van der Waals surface area contributed by atoms with Gasteiger partial charge in [-0.3, -0.25) is 9.78 Å². The summed E-state index contributed by atoms with van der Waals surface area (Å²) in [6.45, 7) is 1.70. The van der Waals surface area contributed by atoms with Gasteiger partial charge < -0.3 is 14.4 Å². The number of hydrogen-bond acceptors (Lipinski definition) is 4. The number of nitrogens with zero attached hydrogens (tertiary/aromatic N) is 2. The fourth-order valence-corrected chi connectivity index (χ4v) is 2.40. The van der Waals surface area contributed by atoms with Crippen molar-refractivity contribution in [2.24, 2.45) is 0 Å². The van der Waals surface area contributed by atoms with E-state index in [2.05, 4.69) is 4.98 Å². The number of likely N-dealkylation sites (tertiary alicyclic amines) is 1. The topological polar surface area (TPSA) is 51.7 Å². The largest absolute Gasteiger partial charge is 0.493 e. The van der Waals surface area contributed by atoms with E-state index in [1.807, 2.05) is 4.90 Å². The smallest absolute Gasteiger partial charge is 0.246 e. The van der Waals surface area contributed by atoms with Crippen molar-refractivity contribution in [3.8, 4) is 11.5 Å². The minimum atomic E-state index is 0. The lowest BCUT2D eigenvalue weighted by molar-refractivity contribution is -0.125. The number of carbonyl (C=O) groups is 1. The number of carbonyl (C=O) groups excluding carboxylic acids is 1. The predicted octanol–water partition coefficient (Wildman–Crippen LogP) is 2.94. The second kappa shape index (κ2) is 9.30. The van der Waals surface area contributed by atoms with E-state index in [4.69, 9.17) is 9.47 Å². The van der Waals surface area contributed by atoms with Gasteiger partial charge in [0.2, 0.25) is 5.91 Å². The number of methoxy groups -OCH3 is 2. The zero-order valence-electron chi connectivity index (χ0n) is 13.1. The van der Waals surface area contributed by atoms with Crippen molar-refractivity contribution in [3.63, 3.8) is 0 Å². The standard InChI is InChI=1S/C16H22N2O3.ClH/c1-20-14-11-13(17-12-15(14)21-2)7-8-16(19)18-9-5-3-4-6-10-18;/h7-8,11-12H,3-6,9-10H2,1-2H3;1H/b8-7+;. The maximum Gasteiger partial charge on any atom is 0.246 e. The number of pyridine rings is 1. The lowest BCUT2D eigenvalue weighted by atomic mass is 10.2. The molecular formula is C16H23ClN2O3. The number of halogens is 1. The van der Waals surface area contributed by atoms with Gasteiger partial charge in [0.1, 0.15) is 0 Å². The predicted molar refractivity (Wildman–Crippen MR) is 88.7 cm³/mol. The lowest BCUT2D eigenvalue weighted by Crippen LogP contribution is -2.30. The molecule has 0 aliphatic carbocycles. The molecule has 0 N–H and O–H groups in total. The first-order valence-electron chi connectivity index (χ1n) is 7.29. The summed E-state index contributed by atoms with van der Waals surface area (Å²) < 4.78 is 10.4. The number of rotatable bonds is 4. The Bertz CT molecular complexity index is 512. The highest BCUT2D eigenvalue weighted by molar-refractivity contribution is 5.91. The summed E-state index contributed by atoms with van der Waals surface area (Å²) in [5.74, 6) is 1.23. The van der Waals surface area contributed by atoms with E-state index in [1.165, 1.54) is 12.8 Å². The van der Waals surface area contributed by atoms with E-state index in [1.54, 1.807) is 38.6 Å². The van der Waals surface area contributed by atoms with Gasteiger partial charge in [-0.15, -0.1) is 12.4 Å². The highest BCUT2D eigenvalue weighted by Gasteiger charge is 2.13. The van der Waals surface area contributed by atoms with Gasteiger partial charge in [0.25, 0.3) is 0 Å². The van der Waals surface area contributed by atoms with Crippen LogP contribution in [0.25, 0.3) is 6.08 Å². The second-order valence-corrected chi connectivity index (χ2v) is 5.04. The van der Waals surface area contributed by atoms with Crippen LogP contribution in [0.3, 0.4) is 0 Å². The molecular weight excluding hydrogens is 304 g/mol. The molecule has 0 aromatic carbocycles. The van der Waals surface area contributed by atoms with E-state index < -0.39 is 0 Å². The molecule has 1 fully saturated rings. The van der Waals surface area contributed by atoms with Crippen molar-refractivity contribution in [2.75, 3.05) is 27.3 Å². The first kappa shape index (κ1) is 18.3. The average molecular weight is 327 g/mol. The first-order valence-corrected chi connectivity index (χ1v) is 7.29. The minimum Gasteiger partial charge on any atom is -0.493 e. The van der Waals surface area contributed by atoms with Crippen LogP contribution in [-0.2, 0) is 4.79 Å². The Kier molecular flexibility index (Phi) is 7.74. The molecule has 1 aliphatic heterocycles. The van der Waals surface area contributed by atoms with Gasteiger partial charge in [0.15, 0.2) is 11.5 Å². The molecule has 6 heteroatoms. The molecule has 0 spiro atoms. The third-order valence-corrected chi connectivity index (χ3v) is 3.61. The summed E-state index contributed by atoms with van der Waals surface area (Å²) >= 11 is 0. The van der Waals surface area contributed by atoms with Gasteiger partial charge in [0.05, 0.1) is 26.1 Å². The zero-order chi connectivity index (χ0) is 15.1. The highest BCUT2D eigenvalue weighted by Crippen LogP contribution is 2.26. The molecule has 0 bridgehead atoms. The molecule has 5 nitrogen and oxygen atoms in total. The summed E-state index contributed by atoms with van der Waals surface area (Å²) in [6.07, 6.45) is 9.50. The van der Waals surface area contributed by atoms with Crippen molar-refractivity contribution in [3.05, 3.63) is 24.0 Å². The van der Waals surface area contributed by atoms with E-state index in [-0.39, 0.29) is 18.3 Å². The molecule has 1 aromatic rings. The molecule has 22 heavy (non-hydrogen) atoms. The molecule has 0 unspecified atom stereocenters. The summed E-state index contributed by atoms with van der Waals surface area (Å²) in [4.78, 5) is 18.3. The van der Waals surface area contributed by atoms with Gasteiger partial charge >= 0.3 is 0 Å². The van der Waals surface area contributed by atoms with E-state index >= 15 is 0 Å². The van der Waals surface area contributed by atoms with Crippen LogP contribution in [0.2, 0.25) is 0 Å². The van der Waals surface area contributed by atoms with Crippen molar-refractivity contribution in [1.29, 1.82) is 0 Å². The second-order valence-electron chi connectivity index (χ2n) is 5.04. The van der Waals surface area contributed by atoms with Crippen LogP contribution in [-0.4, -0.2) is 43.1 Å². The number of aromatic nitrogens is 1. The number of hydrogen-bond donors (Lipinski definition) is 0. The van der Waals surface area contributed by atoms with Crippen LogP contribution in [0.15, 0.2) is 18.3 Å². The molecule has 2 rings (SSSR count). The molecule has 0 atom stereocenters. The Balaban J connectivity index is 0.00000242. The molecule has 0 saturated carbocycles. The fraction of sp³-hybridized carbons (Fsp3) is 0.500. The van der Waals surface area contributed by atoms with E-state index in [9.17, 15) is 4.79 Å². The quantitative estimate of drug-likeness (QED) is 0.798. The average Bonchev–Trinajstić information content (AvgIpc) is 2.81. The maximum atomic E-state index is 12.2. The van der Waals surface area contributed by atoms with Crippen molar-refractivity contribution >= 4 is 24.4 Å². The van der Waals surface area contributed by atoms with Crippen LogP contribution in [0, 0.1) is 0 Å². The summed E-state index contributed by atoms with van der Waals surface area (Å²) in [6, 6.07) is 1.75. The zero-order valence-corrected chi connectivity index (χ0v) is 13.9. The van der Waals surface area contributed by atoms with Gasteiger partial charge in [-0.05, 0) is 18.9 Å². The molecule has 1 saturated heterocycles. The Morgan fingerprint density at radius 2 is 1.77 bits per heavy atom. The minimum absolute atomic E-state index is 0. The third-order valence-electron chi connectivity index (χ3n) is 3.61. The van der Waals surface area contributed by atoms with Crippen molar-refractivity contribution in [1.82, 2.24) is 9.88 Å².